The van der Waals surface area contributed by atoms with Crippen LogP contribution in [0, 0.1) is 6.92 Å². The molecule has 1 unspecified atom stereocenters. The highest BCUT2D eigenvalue weighted by Gasteiger charge is 2.12. The molecule has 1 rings (SSSR count). The van der Waals surface area contributed by atoms with E-state index in [0.29, 0.717) is 0 Å². The number of methoxy groups -OCH3 is 1. The number of rotatable bonds is 5. The highest BCUT2D eigenvalue weighted by atomic mass is 16.5. The number of hydrogen-bond acceptors (Lipinski definition) is 2. The molecule has 0 saturated carbocycles. The molecule has 3 nitrogen and oxygen atoms in total. The van der Waals surface area contributed by atoms with Crippen molar-refractivity contribution in [2.45, 2.75) is 26.8 Å². The molecule has 19 heavy (non-hydrogen) atoms. The number of hydrogen-bond donors (Lipinski definition) is 1. The number of carbonyl (C=O) groups excluding carboxylic acids is 1. The zero-order valence-corrected chi connectivity index (χ0v) is 11.9. The number of aryl methyl sites for hydroxylation is 1. The normalized spacial score (nSPS) is 12.8. The summed E-state index contributed by atoms with van der Waals surface area (Å²) in [5.41, 5.74) is 2.12. The molecule has 1 N–H and O–H groups in total. The zero-order chi connectivity index (χ0) is 14.3. The van der Waals surface area contributed by atoms with Crippen molar-refractivity contribution in [3.8, 4) is 5.75 Å². The largest absolute Gasteiger partial charge is 0.496 e. The number of carbonyl (C=O) groups is 1. The molecule has 102 valence electrons. The lowest BCUT2D eigenvalue weighted by Crippen LogP contribution is -2.25. The molecule has 0 spiro atoms. The van der Waals surface area contributed by atoms with Crippen molar-refractivity contribution >= 4 is 5.91 Å². The highest BCUT2D eigenvalue weighted by Crippen LogP contribution is 2.25. The van der Waals surface area contributed by atoms with Crippen LogP contribution in [-0.2, 0) is 4.79 Å². The lowest BCUT2D eigenvalue weighted by Gasteiger charge is -2.17. The van der Waals surface area contributed by atoms with Crippen molar-refractivity contribution in [2.75, 3.05) is 7.11 Å². The van der Waals surface area contributed by atoms with Crippen molar-refractivity contribution in [2.24, 2.45) is 0 Å². The summed E-state index contributed by atoms with van der Waals surface area (Å²) in [6.07, 6.45) is 6.92. The topological polar surface area (TPSA) is 38.3 Å². The summed E-state index contributed by atoms with van der Waals surface area (Å²) in [5.74, 6) is 0.671. The first-order valence-corrected chi connectivity index (χ1v) is 6.33. The molecule has 0 aromatic heterocycles. The minimum atomic E-state index is -0.117. The van der Waals surface area contributed by atoms with Gasteiger partial charge in [0.05, 0.1) is 13.2 Å². The first-order valence-electron chi connectivity index (χ1n) is 6.33. The first kappa shape index (κ1) is 15.0. The van der Waals surface area contributed by atoms with E-state index in [-0.39, 0.29) is 11.9 Å². The van der Waals surface area contributed by atoms with Gasteiger partial charge in [-0.2, -0.15) is 0 Å². The van der Waals surface area contributed by atoms with E-state index < -0.39 is 0 Å². The third-order valence-corrected chi connectivity index (χ3v) is 2.76. The third-order valence-electron chi connectivity index (χ3n) is 2.76. The second kappa shape index (κ2) is 7.41. The van der Waals surface area contributed by atoms with Crippen LogP contribution in [0.4, 0.5) is 0 Å². The van der Waals surface area contributed by atoms with Gasteiger partial charge in [0, 0.05) is 11.6 Å². The van der Waals surface area contributed by atoms with Gasteiger partial charge in [-0.25, -0.2) is 0 Å². The van der Waals surface area contributed by atoms with Crippen LogP contribution in [0.1, 0.15) is 31.0 Å². The first-order chi connectivity index (χ1) is 9.08. The Bertz CT molecular complexity index is 490. The van der Waals surface area contributed by atoms with Crippen molar-refractivity contribution in [3.63, 3.8) is 0 Å². The molecule has 0 aliphatic heterocycles. The van der Waals surface area contributed by atoms with Crippen molar-refractivity contribution < 1.29 is 9.53 Å². The molecule has 1 atom stereocenters. The molecule has 1 aromatic carbocycles. The summed E-state index contributed by atoms with van der Waals surface area (Å²) in [6, 6.07) is 5.84. The molecule has 0 heterocycles. The quantitative estimate of drug-likeness (QED) is 0.650. The van der Waals surface area contributed by atoms with Crippen LogP contribution < -0.4 is 10.1 Å². The number of benzene rings is 1. The summed E-state index contributed by atoms with van der Waals surface area (Å²) in [7, 11) is 1.63. The number of amides is 1. The Morgan fingerprint density at radius 2 is 2.11 bits per heavy atom. The van der Waals surface area contributed by atoms with Crippen molar-refractivity contribution in [3.05, 3.63) is 53.6 Å². The van der Waals surface area contributed by atoms with E-state index in [1.165, 1.54) is 6.08 Å². The molecule has 0 saturated heterocycles. The summed E-state index contributed by atoms with van der Waals surface area (Å²) in [6.45, 7) is 5.87. The minimum absolute atomic E-state index is 0.0994. The molecule has 1 amide bonds. The Hall–Kier alpha value is -2.03. The maximum absolute atomic E-state index is 11.7. The minimum Gasteiger partial charge on any atom is -0.496 e. The van der Waals surface area contributed by atoms with Crippen LogP contribution in [0.25, 0.3) is 0 Å². The Morgan fingerprint density at radius 3 is 2.74 bits per heavy atom. The average Bonchev–Trinajstić information content (AvgIpc) is 2.39. The van der Waals surface area contributed by atoms with E-state index >= 15 is 0 Å². The fraction of sp³-hybridized carbons (Fsp3) is 0.312. The van der Waals surface area contributed by atoms with Gasteiger partial charge in [-0.3, -0.25) is 4.79 Å². The van der Waals surface area contributed by atoms with Crippen LogP contribution in [-0.4, -0.2) is 13.0 Å². The predicted molar refractivity (Wildman–Crippen MR) is 78.2 cm³/mol. The summed E-state index contributed by atoms with van der Waals surface area (Å²) in [4.78, 5) is 11.7. The lowest BCUT2D eigenvalue weighted by atomic mass is 10.0. The standard InChI is InChI=1S/C16H21NO2/c1-5-6-7-8-16(18)17-13(3)14-11-12(2)9-10-15(14)19-4/h5-11,13H,1-4H3,(H,17,18)/b6-5+,8-7+. The van der Waals surface area contributed by atoms with Gasteiger partial charge in [-0.15, -0.1) is 0 Å². The second-order valence-corrected chi connectivity index (χ2v) is 4.36. The third kappa shape index (κ3) is 4.62. The van der Waals surface area contributed by atoms with Crippen LogP contribution in [0.15, 0.2) is 42.5 Å². The maximum atomic E-state index is 11.7. The van der Waals surface area contributed by atoms with Gasteiger partial charge < -0.3 is 10.1 Å². The molecular formula is C16H21NO2. The van der Waals surface area contributed by atoms with Crippen LogP contribution in [0.3, 0.4) is 0 Å². The maximum Gasteiger partial charge on any atom is 0.244 e. The molecular weight excluding hydrogens is 238 g/mol. The van der Waals surface area contributed by atoms with Crippen molar-refractivity contribution in [1.29, 1.82) is 0 Å². The van der Waals surface area contributed by atoms with Gasteiger partial charge in [0.25, 0.3) is 0 Å². The van der Waals surface area contributed by atoms with Gasteiger partial charge in [-0.05, 0) is 26.8 Å². The number of nitrogens with one attached hydrogen (secondary N) is 1. The monoisotopic (exact) mass is 259 g/mol. The number of allylic oxidation sites excluding steroid dienone is 3. The van der Waals surface area contributed by atoms with Gasteiger partial charge in [0.1, 0.15) is 5.75 Å². The van der Waals surface area contributed by atoms with E-state index in [2.05, 4.69) is 5.32 Å². The Kier molecular flexibility index (Phi) is 5.86. The Labute approximate surface area is 115 Å². The van der Waals surface area contributed by atoms with Gasteiger partial charge in [0.2, 0.25) is 5.91 Å². The molecule has 1 aromatic rings. The summed E-state index contributed by atoms with van der Waals surface area (Å²) < 4.78 is 5.32. The Morgan fingerprint density at radius 1 is 1.37 bits per heavy atom. The van der Waals surface area contributed by atoms with Crippen LogP contribution >= 0.6 is 0 Å². The Balaban J connectivity index is 2.80. The molecule has 0 aliphatic carbocycles. The van der Waals surface area contributed by atoms with Gasteiger partial charge in [-0.1, -0.05) is 35.9 Å². The van der Waals surface area contributed by atoms with E-state index in [1.807, 2.05) is 51.1 Å². The van der Waals surface area contributed by atoms with E-state index in [1.54, 1.807) is 13.2 Å². The fourth-order valence-electron chi connectivity index (χ4n) is 1.79. The van der Waals surface area contributed by atoms with Crippen molar-refractivity contribution in [1.82, 2.24) is 5.32 Å². The van der Waals surface area contributed by atoms with E-state index in [4.69, 9.17) is 4.74 Å². The molecule has 3 heteroatoms. The van der Waals surface area contributed by atoms with E-state index in [9.17, 15) is 4.79 Å². The summed E-state index contributed by atoms with van der Waals surface area (Å²) >= 11 is 0. The molecule has 0 fully saturated rings. The molecule has 0 bridgehead atoms. The second-order valence-electron chi connectivity index (χ2n) is 4.36. The zero-order valence-electron chi connectivity index (χ0n) is 11.9. The fourth-order valence-corrected chi connectivity index (χ4v) is 1.79. The highest BCUT2D eigenvalue weighted by molar-refractivity contribution is 5.88. The predicted octanol–water partition coefficient (Wildman–Crippen LogP) is 3.31. The number of ether oxygens (including phenoxy) is 1. The van der Waals surface area contributed by atoms with E-state index in [0.717, 1.165) is 16.9 Å². The smallest absolute Gasteiger partial charge is 0.244 e. The molecule has 0 radical (unpaired) electrons. The average molecular weight is 259 g/mol. The van der Waals surface area contributed by atoms with Gasteiger partial charge >= 0.3 is 0 Å². The summed E-state index contributed by atoms with van der Waals surface area (Å²) in [5, 5.41) is 2.92. The van der Waals surface area contributed by atoms with Crippen LogP contribution in [0.5, 0.6) is 5.75 Å². The molecule has 0 aliphatic rings. The lowest BCUT2D eigenvalue weighted by molar-refractivity contribution is -0.117. The van der Waals surface area contributed by atoms with Gasteiger partial charge in [0.15, 0.2) is 0 Å². The SMILES string of the molecule is C/C=C/C=C/C(=O)NC(C)c1cc(C)ccc1OC. The van der Waals surface area contributed by atoms with Crippen LogP contribution in [0.2, 0.25) is 0 Å².